The van der Waals surface area contributed by atoms with Gasteiger partial charge in [0.05, 0.1) is 6.04 Å². The number of para-hydroxylation sites is 1. The number of nitrogens with one attached hydrogen (secondary N) is 1. The van der Waals surface area contributed by atoms with Gasteiger partial charge in [0.2, 0.25) is 0 Å². The molecule has 106 valence electrons. The van der Waals surface area contributed by atoms with Crippen molar-refractivity contribution in [1.82, 2.24) is 5.32 Å². The summed E-state index contributed by atoms with van der Waals surface area (Å²) in [5.74, 6) is 0.916. The van der Waals surface area contributed by atoms with Crippen LogP contribution in [0.25, 0.3) is 0 Å². The molecule has 0 aromatic heterocycles. The van der Waals surface area contributed by atoms with Crippen LogP contribution in [0.2, 0.25) is 0 Å². The Morgan fingerprint density at radius 3 is 2.25 bits per heavy atom. The summed E-state index contributed by atoms with van der Waals surface area (Å²) in [7, 11) is 0. The van der Waals surface area contributed by atoms with Crippen molar-refractivity contribution in [1.29, 1.82) is 0 Å². The molecule has 2 aromatic rings. The van der Waals surface area contributed by atoms with E-state index >= 15 is 0 Å². The van der Waals surface area contributed by atoms with Crippen LogP contribution in [0.15, 0.2) is 48.5 Å². The molecule has 1 unspecified atom stereocenters. The molecule has 0 saturated heterocycles. The zero-order valence-corrected chi connectivity index (χ0v) is 12.5. The largest absolute Gasteiger partial charge is 0.492 e. The quantitative estimate of drug-likeness (QED) is 0.854. The SMILES string of the molecule is CCNC(COc1ccccc1)c1cc(C)cc(C)c1. The van der Waals surface area contributed by atoms with Gasteiger partial charge in [0.1, 0.15) is 12.4 Å². The summed E-state index contributed by atoms with van der Waals surface area (Å²) in [5.41, 5.74) is 3.88. The maximum absolute atomic E-state index is 5.89. The Balaban J connectivity index is 2.10. The van der Waals surface area contributed by atoms with E-state index in [0.717, 1.165) is 12.3 Å². The number of ether oxygens (including phenoxy) is 1. The molecule has 2 rings (SSSR count). The molecule has 0 aliphatic rings. The van der Waals surface area contributed by atoms with Crippen LogP contribution in [0.4, 0.5) is 0 Å². The Kier molecular flexibility index (Phi) is 5.19. The van der Waals surface area contributed by atoms with Gasteiger partial charge >= 0.3 is 0 Å². The molecule has 2 heteroatoms. The highest BCUT2D eigenvalue weighted by Gasteiger charge is 2.12. The Labute approximate surface area is 121 Å². The second kappa shape index (κ2) is 7.11. The van der Waals surface area contributed by atoms with E-state index in [4.69, 9.17) is 4.74 Å². The van der Waals surface area contributed by atoms with Gasteiger partial charge in [0.25, 0.3) is 0 Å². The van der Waals surface area contributed by atoms with Crippen molar-refractivity contribution in [2.75, 3.05) is 13.2 Å². The van der Waals surface area contributed by atoms with Crippen molar-refractivity contribution >= 4 is 0 Å². The van der Waals surface area contributed by atoms with Gasteiger partial charge in [0.15, 0.2) is 0 Å². The molecule has 2 aromatic carbocycles. The van der Waals surface area contributed by atoms with Crippen LogP contribution in [0, 0.1) is 13.8 Å². The van der Waals surface area contributed by atoms with Gasteiger partial charge in [-0.05, 0) is 38.1 Å². The first-order chi connectivity index (χ1) is 9.69. The molecule has 0 heterocycles. The fourth-order valence-electron chi connectivity index (χ4n) is 2.43. The summed E-state index contributed by atoms with van der Waals surface area (Å²) in [6.45, 7) is 7.96. The predicted molar refractivity (Wildman–Crippen MR) is 84.3 cm³/mol. The maximum Gasteiger partial charge on any atom is 0.119 e. The normalized spacial score (nSPS) is 12.2. The molecule has 0 spiro atoms. The van der Waals surface area contributed by atoms with E-state index in [2.05, 4.69) is 44.3 Å². The Hall–Kier alpha value is -1.80. The van der Waals surface area contributed by atoms with Crippen LogP contribution in [0.3, 0.4) is 0 Å². The van der Waals surface area contributed by atoms with E-state index in [1.54, 1.807) is 0 Å². The van der Waals surface area contributed by atoms with Crippen molar-refractivity contribution in [3.8, 4) is 5.75 Å². The highest BCUT2D eigenvalue weighted by Crippen LogP contribution is 2.19. The number of hydrogen-bond acceptors (Lipinski definition) is 2. The summed E-state index contributed by atoms with van der Waals surface area (Å²) in [6, 6.07) is 16.9. The van der Waals surface area contributed by atoms with Gasteiger partial charge in [-0.15, -0.1) is 0 Å². The van der Waals surface area contributed by atoms with Crippen molar-refractivity contribution < 1.29 is 4.74 Å². The van der Waals surface area contributed by atoms with Gasteiger partial charge in [-0.3, -0.25) is 0 Å². The molecule has 20 heavy (non-hydrogen) atoms. The van der Waals surface area contributed by atoms with Crippen molar-refractivity contribution in [3.63, 3.8) is 0 Å². The Morgan fingerprint density at radius 1 is 1.00 bits per heavy atom. The predicted octanol–water partition coefficient (Wildman–Crippen LogP) is 4.03. The van der Waals surface area contributed by atoms with Crippen LogP contribution < -0.4 is 10.1 Å². The highest BCUT2D eigenvalue weighted by molar-refractivity contribution is 5.31. The Bertz CT molecular complexity index is 516. The molecule has 1 N–H and O–H groups in total. The topological polar surface area (TPSA) is 21.3 Å². The summed E-state index contributed by atoms with van der Waals surface area (Å²) in [5, 5.41) is 3.50. The van der Waals surface area contributed by atoms with E-state index in [1.165, 1.54) is 16.7 Å². The van der Waals surface area contributed by atoms with E-state index in [1.807, 2.05) is 30.3 Å². The van der Waals surface area contributed by atoms with Crippen LogP contribution in [0.5, 0.6) is 5.75 Å². The molecule has 0 amide bonds. The number of hydrogen-bond donors (Lipinski definition) is 1. The summed E-state index contributed by atoms with van der Waals surface area (Å²) in [4.78, 5) is 0. The minimum absolute atomic E-state index is 0.221. The van der Waals surface area contributed by atoms with Gasteiger partial charge in [0, 0.05) is 0 Å². The standard InChI is InChI=1S/C18H23NO/c1-4-19-18(13-20-17-8-6-5-7-9-17)16-11-14(2)10-15(3)12-16/h5-12,18-19H,4,13H2,1-3H3. The van der Waals surface area contributed by atoms with E-state index in [0.29, 0.717) is 6.61 Å². The highest BCUT2D eigenvalue weighted by atomic mass is 16.5. The van der Waals surface area contributed by atoms with Crippen LogP contribution in [-0.2, 0) is 0 Å². The van der Waals surface area contributed by atoms with Gasteiger partial charge in [-0.25, -0.2) is 0 Å². The minimum atomic E-state index is 0.221. The molecule has 0 aliphatic heterocycles. The average molecular weight is 269 g/mol. The first-order valence-electron chi connectivity index (χ1n) is 7.18. The molecule has 0 fully saturated rings. The van der Waals surface area contributed by atoms with E-state index < -0.39 is 0 Å². The molecule has 0 radical (unpaired) electrons. The van der Waals surface area contributed by atoms with Crippen LogP contribution in [0.1, 0.15) is 29.7 Å². The van der Waals surface area contributed by atoms with Gasteiger partial charge in [-0.2, -0.15) is 0 Å². The molecule has 0 saturated carbocycles. The van der Waals surface area contributed by atoms with Crippen LogP contribution in [-0.4, -0.2) is 13.2 Å². The molecule has 1 atom stereocenters. The van der Waals surface area contributed by atoms with E-state index in [-0.39, 0.29) is 6.04 Å². The van der Waals surface area contributed by atoms with Crippen molar-refractivity contribution in [2.45, 2.75) is 26.8 Å². The molecular formula is C18H23NO. The smallest absolute Gasteiger partial charge is 0.119 e. The van der Waals surface area contributed by atoms with Crippen molar-refractivity contribution in [3.05, 3.63) is 65.2 Å². The summed E-state index contributed by atoms with van der Waals surface area (Å²) >= 11 is 0. The summed E-state index contributed by atoms with van der Waals surface area (Å²) in [6.07, 6.45) is 0. The van der Waals surface area contributed by atoms with Gasteiger partial charge in [-0.1, -0.05) is 54.4 Å². The lowest BCUT2D eigenvalue weighted by atomic mass is 10.0. The first kappa shape index (κ1) is 14.6. The number of likely N-dealkylation sites (N-methyl/N-ethyl adjacent to an activating group) is 1. The molecular weight excluding hydrogens is 246 g/mol. The zero-order valence-electron chi connectivity index (χ0n) is 12.5. The fourth-order valence-corrected chi connectivity index (χ4v) is 2.43. The molecule has 0 aliphatic carbocycles. The van der Waals surface area contributed by atoms with Crippen LogP contribution >= 0.6 is 0 Å². The van der Waals surface area contributed by atoms with Gasteiger partial charge < -0.3 is 10.1 Å². The lowest BCUT2D eigenvalue weighted by molar-refractivity contribution is 0.268. The number of benzene rings is 2. The molecule has 2 nitrogen and oxygen atoms in total. The summed E-state index contributed by atoms with van der Waals surface area (Å²) < 4.78 is 5.89. The third-order valence-corrected chi connectivity index (χ3v) is 3.26. The number of rotatable bonds is 6. The lowest BCUT2D eigenvalue weighted by Crippen LogP contribution is -2.26. The third kappa shape index (κ3) is 4.10. The van der Waals surface area contributed by atoms with E-state index in [9.17, 15) is 0 Å². The average Bonchev–Trinajstić information content (AvgIpc) is 2.43. The maximum atomic E-state index is 5.89. The second-order valence-electron chi connectivity index (χ2n) is 5.16. The number of aryl methyl sites for hydroxylation is 2. The minimum Gasteiger partial charge on any atom is -0.492 e. The van der Waals surface area contributed by atoms with Crippen molar-refractivity contribution in [2.24, 2.45) is 0 Å². The monoisotopic (exact) mass is 269 g/mol. The zero-order chi connectivity index (χ0) is 14.4. The Morgan fingerprint density at radius 2 is 1.65 bits per heavy atom. The fraction of sp³-hybridized carbons (Fsp3) is 0.333. The first-order valence-corrected chi connectivity index (χ1v) is 7.18. The third-order valence-electron chi connectivity index (χ3n) is 3.26. The second-order valence-corrected chi connectivity index (χ2v) is 5.16. The lowest BCUT2D eigenvalue weighted by Gasteiger charge is -2.20. The molecule has 0 bridgehead atoms.